The molecule has 7 nitrogen and oxygen atoms in total. The van der Waals surface area contributed by atoms with Gasteiger partial charge in [0.2, 0.25) is 5.95 Å². The molecule has 2 fully saturated rings. The van der Waals surface area contributed by atoms with Crippen molar-refractivity contribution in [1.29, 1.82) is 0 Å². The number of anilines is 1. The molecule has 0 aliphatic carbocycles. The molecular weight excluding hydrogens is 338 g/mol. The fraction of sp³-hybridized carbons (Fsp3) is 0.765. The summed E-state index contributed by atoms with van der Waals surface area (Å²) in [4.78, 5) is 14.0. The van der Waals surface area contributed by atoms with Crippen LogP contribution >= 0.6 is 0 Å². The van der Waals surface area contributed by atoms with E-state index in [1.54, 1.807) is 0 Å². The van der Waals surface area contributed by atoms with Gasteiger partial charge in [-0.15, -0.1) is 0 Å². The fourth-order valence-corrected chi connectivity index (χ4v) is 4.46. The van der Waals surface area contributed by atoms with Gasteiger partial charge >= 0.3 is 0 Å². The first kappa shape index (κ1) is 18.5. The van der Waals surface area contributed by atoms with Gasteiger partial charge in [0.05, 0.1) is 11.9 Å². The summed E-state index contributed by atoms with van der Waals surface area (Å²) in [6, 6.07) is 0.541. The average Bonchev–Trinajstić information content (AvgIpc) is 2.61. The van der Waals surface area contributed by atoms with Crippen molar-refractivity contribution in [2.24, 2.45) is 0 Å². The number of piperidine rings is 1. The minimum Gasteiger partial charge on any atom is -0.338 e. The third kappa shape index (κ3) is 4.30. The van der Waals surface area contributed by atoms with Gasteiger partial charge in [0.25, 0.3) is 0 Å². The Bertz CT molecular complexity index is 693. The van der Waals surface area contributed by atoms with E-state index < -0.39 is 9.84 Å². The van der Waals surface area contributed by atoms with Crippen molar-refractivity contribution in [3.8, 4) is 0 Å². The lowest BCUT2D eigenvalue weighted by atomic mass is 9.96. The normalized spacial score (nSPS) is 23.2. The van der Waals surface area contributed by atoms with Crippen LogP contribution in [0.25, 0.3) is 0 Å². The van der Waals surface area contributed by atoms with Crippen LogP contribution in [0, 0.1) is 0 Å². The Morgan fingerprint density at radius 2 is 1.96 bits per heavy atom. The Balaban J connectivity index is 1.86. The summed E-state index contributed by atoms with van der Waals surface area (Å²) in [5.74, 6) is 0.800. The molecule has 3 heterocycles. The highest BCUT2D eigenvalue weighted by atomic mass is 32.2. The van der Waals surface area contributed by atoms with E-state index in [1.807, 2.05) is 0 Å². The van der Waals surface area contributed by atoms with Crippen LogP contribution in [0.15, 0.2) is 11.1 Å². The van der Waals surface area contributed by atoms with E-state index in [0.717, 1.165) is 52.1 Å². The second kappa shape index (κ2) is 7.55. The first-order valence-corrected chi connectivity index (χ1v) is 11.0. The van der Waals surface area contributed by atoms with Crippen molar-refractivity contribution in [2.45, 2.75) is 43.5 Å². The summed E-state index contributed by atoms with van der Waals surface area (Å²) in [5, 5.41) is 3.35. The molecule has 0 bridgehead atoms. The summed E-state index contributed by atoms with van der Waals surface area (Å²) < 4.78 is 24.4. The maximum Gasteiger partial charge on any atom is 0.225 e. The zero-order valence-corrected chi connectivity index (χ0v) is 16.2. The Hall–Kier alpha value is -1.25. The van der Waals surface area contributed by atoms with E-state index >= 15 is 0 Å². The van der Waals surface area contributed by atoms with Gasteiger partial charge in [0.1, 0.15) is 4.90 Å². The molecule has 3 rings (SSSR count). The Labute approximate surface area is 150 Å². The second-order valence-corrected chi connectivity index (χ2v) is 9.34. The van der Waals surface area contributed by atoms with Gasteiger partial charge in [-0.3, -0.25) is 4.90 Å². The smallest absolute Gasteiger partial charge is 0.225 e. The summed E-state index contributed by atoms with van der Waals surface area (Å²) in [5.41, 5.74) is 0.686. The Morgan fingerprint density at radius 3 is 2.52 bits per heavy atom. The molecule has 1 aromatic rings. The molecule has 25 heavy (non-hydrogen) atoms. The molecule has 0 unspecified atom stereocenters. The summed E-state index contributed by atoms with van der Waals surface area (Å²) in [6.45, 7) is 9.89. The highest BCUT2D eigenvalue weighted by Gasteiger charge is 2.27. The van der Waals surface area contributed by atoms with Crippen molar-refractivity contribution < 1.29 is 8.42 Å². The zero-order valence-electron chi connectivity index (χ0n) is 15.4. The molecule has 8 heteroatoms. The van der Waals surface area contributed by atoms with Crippen LogP contribution in [-0.2, 0) is 9.84 Å². The van der Waals surface area contributed by atoms with Gasteiger partial charge in [-0.2, -0.15) is 0 Å². The maximum absolute atomic E-state index is 12.2. The van der Waals surface area contributed by atoms with Crippen molar-refractivity contribution >= 4 is 15.8 Å². The van der Waals surface area contributed by atoms with Gasteiger partial charge in [-0.05, 0) is 33.2 Å². The van der Waals surface area contributed by atoms with Crippen molar-refractivity contribution in [1.82, 2.24) is 20.2 Å². The van der Waals surface area contributed by atoms with E-state index in [-0.39, 0.29) is 10.8 Å². The molecular formula is C17H29N5O2S. The van der Waals surface area contributed by atoms with Crippen LogP contribution in [0.4, 0.5) is 5.95 Å². The third-order valence-corrected chi connectivity index (χ3v) is 6.29. The van der Waals surface area contributed by atoms with E-state index in [9.17, 15) is 8.42 Å². The van der Waals surface area contributed by atoms with E-state index in [1.165, 1.54) is 12.5 Å². The number of hydrogen-bond donors (Lipinski definition) is 1. The lowest BCUT2D eigenvalue weighted by molar-refractivity contribution is 0.208. The van der Waals surface area contributed by atoms with Gasteiger partial charge < -0.3 is 10.2 Å². The van der Waals surface area contributed by atoms with Crippen LogP contribution in [0.2, 0.25) is 0 Å². The number of sulfone groups is 1. The molecule has 2 aliphatic heterocycles. The number of nitrogens with zero attached hydrogens (tertiary/aromatic N) is 4. The molecule has 0 aromatic carbocycles. The molecule has 0 saturated carbocycles. The third-order valence-electron chi connectivity index (χ3n) is 5.18. The molecule has 1 aromatic heterocycles. The van der Waals surface area contributed by atoms with Crippen molar-refractivity contribution in [2.75, 3.05) is 50.4 Å². The quantitative estimate of drug-likeness (QED) is 0.846. The zero-order chi connectivity index (χ0) is 18.0. The highest BCUT2D eigenvalue weighted by Crippen LogP contribution is 2.28. The van der Waals surface area contributed by atoms with E-state index in [4.69, 9.17) is 4.98 Å². The predicted molar refractivity (Wildman–Crippen MR) is 98.9 cm³/mol. The van der Waals surface area contributed by atoms with Gasteiger partial charge in [0, 0.05) is 50.9 Å². The van der Waals surface area contributed by atoms with Crippen LogP contribution in [0.3, 0.4) is 0 Å². The van der Waals surface area contributed by atoms with Crippen LogP contribution in [0.1, 0.15) is 38.3 Å². The first-order valence-electron chi connectivity index (χ1n) is 9.13. The molecule has 0 radical (unpaired) electrons. The molecule has 2 aliphatic rings. The summed E-state index contributed by atoms with van der Waals surface area (Å²) in [6.07, 6.45) is 4.76. The molecule has 140 valence electrons. The number of nitrogens with one attached hydrogen (secondary N) is 1. The number of hydrogen-bond acceptors (Lipinski definition) is 7. The minimum atomic E-state index is -3.33. The lowest BCUT2D eigenvalue weighted by Gasteiger charge is -2.37. The molecule has 0 amide bonds. The first-order chi connectivity index (χ1) is 11.9. The standard InChI is InChI=1S/C17H29N5O2S/c1-13(2)21-7-9-22(10-8-21)17-19-12-15(25(3,23)24)16(20-17)14-5-4-6-18-11-14/h12-14,18H,4-11H2,1-3H3/t14-/m0/s1. The number of piperazine rings is 1. The van der Waals surface area contributed by atoms with Crippen LogP contribution in [-0.4, -0.2) is 74.9 Å². The minimum absolute atomic E-state index is 0.136. The Kier molecular flexibility index (Phi) is 5.60. The van der Waals surface area contributed by atoms with E-state index in [0.29, 0.717) is 17.7 Å². The van der Waals surface area contributed by atoms with Crippen molar-refractivity contribution in [3.05, 3.63) is 11.9 Å². The van der Waals surface area contributed by atoms with Gasteiger partial charge in [-0.1, -0.05) is 0 Å². The predicted octanol–water partition coefficient (Wildman–Crippen LogP) is 0.878. The van der Waals surface area contributed by atoms with E-state index in [2.05, 4.69) is 33.9 Å². The number of aromatic nitrogens is 2. The summed E-state index contributed by atoms with van der Waals surface area (Å²) in [7, 11) is -3.33. The number of rotatable bonds is 4. The topological polar surface area (TPSA) is 78.4 Å². The fourth-order valence-electron chi connectivity index (χ4n) is 3.63. The second-order valence-electron chi connectivity index (χ2n) is 7.35. The maximum atomic E-state index is 12.2. The lowest BCUT2D eigenvalue weighted by Crippen LogP contribution is -2.49. The Morgan fingerprint density at radius 1 is 1.24 bits per heavy atom. The monoisotopic (exact) mass is 367 g/mol. The SMILES string of the molecule is CC(C)N1CCN(c2ncc(S(C)(=O)=O)c([C@H]3CCCNC3)n2)CC1. The van der Waals surface area contributed by atoms with Gasteiger partial charge in [0.15, 0.2) is 9.84 Å². The van der Waals surface area contributed by atoms with Crippen LogP contribution in [0.5, 0.6) is 0 Å². The highest BCUT2D eigenvalue weighted by molar-refractivity contribution is 7.90. The molecule has 1 atom stereocenters. The largest absolute Gasteiger partial charge is 0.338 e. The van der Waals surface area contributed by atoms with Crippen molar-refractivity contribution in [3.63, 3.8) is 0 Å². The summed E-state index contributed by atoms with van der Waals surface area (Å²) >= 11 is 0. The molecule has 2 saturated heterocycles. The molecule has 1 N–H and O–H groups in total. The van der Waals surface area contributed by atoms with Gasteiger partial charge in [-0.25, -0.2) is 18.4 Å². The molecule has 0 spiro atoms. The van der Waals surface area contributed by atoms with Crippen LogP contribution < -0.4 is 10.2 Å². The average molecular weight is 368 g/mol.